The molecule has 1 heterocycles. The second-order valence-corrected chi connectivity index (χ2v) is 5.92. The highest BCUT2D eigenvalue weighted by atomic mass is 32.2. The van der Waals surface area contributed by atoms with Crippen LogP contribution in [0.2, 0.25) is 0 Å². The van der Waals surface area contributed by atoms with Crippen LogP contribution in [0.3, 0.4) is 0 Å². The smallest absolute Gasteiger partial charge is 0.288 e. The fourth-order valence-corrected chi connectivity index (χ4v) is 3.03. The van der Waals surface area contributed by atoms with Crippen molar-refractivity contribution < 1.29 is 13.6 Å². The number of primary amides is 1. The molecule has 0 aliphatic rings. The van der Waals surface area contributed by atoms with E-state index in [1.165, 1.54) is 11.3 Å². The van der Waals surface area contributed by atoms with Crippen molar-refractivity contribution in [3.63, 3.8) is 0 Å². The highest BCUT2D eigenvalue weighted by Gasteiger charge is 2.10. The summed E-state index contributed by atoms with van der Waals surface area (Å²) in [6.45, 7) is 0.457. The Morgan fingerprint density at radius 3 is 2.80 bits per heavy atom. The maximum absolute atomic E-state index is 12.4. The number of hydrogen-bond acceptors (Lipinski definition) is 4. The van der Waals surface area contributed by atoms with Crippen LogP contribution in [0.1, 0.15) is 15.2 Å². The third-order valence-corrected chi connectivity index (χ3v) is 4.22. The number of carbonyl (C=O) groups is 1. The van der Waals surface area contributed by atoms with E-state index in [1.807, 2.05) is 0 Å². The number of alkyl halides is 2. The molecule has 0 radical (unpaired) electrons. The zero-order valence-corrected chi connectivity index (χ0v) is 11.9. The SMILES string of the molecule is NC(=O)c1csc(CNc2ccccc2SC(F)F)c1. The van der Waals surface area contributed by atoms with Crippen LogP contribution in [0.25, 0.3) is 0 Å². The Labute approximate surface area is 123 Å². The summed E-state index contributed by atoms with van der Waals surface area (Å²) in [5.74, 6) is -2.93. The van der Waals surface area contributed by atoms with Crippen LogP contribution in [0, 0.1) is 0 Å². The van der Waals surface area contributed by atoms with Crippen LogP contribution in [0.5, 0.6) is 0 Å². The Hall–Kier alpha value is -1.60. The van der Waals surface area contributed by atoms with Crippen molar-refractivity contribution in [2.45, 2.75) is 17.2 Å². The van der Waals surface area contributed by atoms with Crippen molar-refractivity contribution in [2.75, 3.05) is 5.32 Å². The molecule has 20 heavy (non-hydrogen) atoms. The van der Waals surface area contributed by atoms with Crippen LogP contribution in [0.15, 0.2) is 40.6 Å². The molecule has 106 valence electrons. The van der Waals surface area contributed by atoms with Crippen molar-refractivity contribution in [2.24, 2.45) is 5.73 Å². The Morgan fingerprint density at radius 1 is 1.40 bits per heavy atom. The van der Waals surface area contributed by atoms with Crippen molar-refractivity contribution in [1.29, 1.82) is 0 Å². The predicted octanol–water partition coefficient (Wildman–Crippen LogP) is 3.77. The number of thiophene rings is 1. The standard InChI is InChI=1S/C13H12F2N2OS2/c14-13(15)20-11-4-2-1-3-10(11)17-6-9-5-8(7-19-9)12(16)18/h1-5,7,13,17H,6H2,(H2,16,18). The molecular weight excluding hydrogens is 302 g/mol. The van der Waals surface area contributed by atoms with Crippen molar-refractivity contribution in [1.82, 2.24) is 0 Å². The van der Waals surface area contributed by atoms with E-state index in [-0.39, 0.29) is 0 Å². The average molecular weight is 314 g/mol. The van der Waals surface area contributed by atoms with Gasteiger partial charge in [0.1, 0.15) is 0 Å². The molecule has 3 N–H and O–H groups in total. The summed E-state index contributed by atoms with van der Waals surface area (Å²) in [4.78, 5) is 12.4. The first-order chi connectivity index (χ1) is 9.56. The van der Waals surface area contributed by atoms with Gasteiger partial charge in [-0.1, -0.05) is 23.9 Å². The van der Waals surface area contributed by atoms with Crippen LogP contribution >= 0.6 is 23.1 Å². The first-order valence-corrected chi connectivity index (χ1v) is 7.47. The number of amides is 1. The molecule has 1 aromatic carbocycles. The molecule has 0 atom stereocenters. The summed E-state index contributed by atoms with van der Waals surface area (Å²) in [6.07, 6.45) is 0. The average Bonchev–Trinajstić information content (AvgIpc) is 2.86. The topological polar surface area (TPSA) is 55.1 Å². The van der Waals surface area contributed by atoms with Gasteiger partial charge in [-0.15, -0.1) is 11.3 Å². The Morgan fingerprint density at radius 2 is 2.15 bits per heavy atom. The number of carbonyl (C=O) groups excluding carboxylic acids is 1. The van der Waals surface area contributed by atoms with E-state index in [0.717, 1.165) is 4.88 Å². The van der Waals surface area contributed by atoms with Gasteiger partial charge in [0.25, 0.3) is 5.76 Å². The van der Waals surface area contributed by atoms with Gasteiger partial charge in [0.05, 0.1) is 5.56 Å². The Kier molecular flexibility index (Phi) is 4.97. The van der Waals surface area contributed by atoms with Crippen molar-refractivity contribution in [3.8, 4) is 0 Å². The van der Waals surface area contributed by atoms with Gasteiger partial charge >= 0.3 is 0 Å². The maximum Gasteiger partial charge on any atom is 0.288 e. The monoisotopic (exact) mass is 314 g/mol. The molecule has 0 spiro atoms. The third kappa shape index (κ3) is 3.94. The summed E-state index contributed by atoms with van der Waals surface area (Å²) in [7, 11) is 0. The largest absolute Gasteiger partial charge is 0.379 e. The first kappa shape index (κ1) is 14.8. The van der Waals surface area contributed by atoms with Crippen LogP contribution in [-0.2, 0) is 6.54 Å². The number of hydrogen-bond donors (Lipinski definition) is 2. The van der Waals surface area contributed by atoms with Crippen LogP contribution in [0.4, 0.5) is 14.5 Å². The molecule has 0 unspecified atom stereocenters. The number of thioether (sulfide) groups is 1. The van der Waals surface area contributed by atoms with E-state index < -0.39 is 11.7 Å². The molecule has 0 fully saturated rings. The van der Waals surface area contributed by atoms with Gasteiger partial charge in [-0.2, -0.15) is 8.78 Å². The lowest BCUT2D eigenvalue weighted by molar-refractivity contribution is 0.100. The number of nitrogens with one attached hydrogen (secondary N) is 1. The molecule has 0 saturated heterocycles. The quantitative estimate of drug-likeness (QED) is 0.798. The van der Waals surface area contributed by atoms with Gasteiger partial charge in [0.2, 0.25) is 5.91 Å². The summed E-state index contributed by atoms with van der Waals surface area (Å²) >= 11 is 1.90. The van der Waals surface area contributed by atoms with Gasteiger partial charge in [0, 0.05) is 27.4 Å². The second-order valence-electron chi connectivity index (χ2n) is 3.89. The number of anilines is 1. The van der Waals surface area contributed by atoms with Gasteiger partial charge in [-0.05, 0) is 18.2 Å². The molecule has 1 amide bonds. The van der Waals surface area contributed by atoms with Crippen molar-refractivity contribution >= 4 is 34.7 Å². The van der Waals surface area contributed by atoms with Gasteiger partial charge in [0.15, 0.2) is 0 Å². The summed E-state index contributed by atoms with van der Waals surface area (Å²) in [6, 6.07) is 8.58. The Balaban J connectivity index is 2.04. The number of rotatable bonds is 6. The number of halogens is 2. The van der Waals surface area contributed by atoms with E-state index in [2.05, 4.69) is 5.32 Å². The molecule has 2 rings (SSSR count). The summed E-state index contributed by atoms with van der Waals surface area (Å²) < 4.78 is 24.9. The molecule has 0 aliphatic heterocycles. The zero-order valence-electron chi connectivity index (χ0n) is 10.3. The van der Waals surface area contributed by atoms with E-state index >= 15 is 0 Å². The molecule has 7 heteroatoms. The van der Waals surface area contributed by atoms with Gasteiger partial charge in [-0.3, -0.25) is 4.79 Å². The van der Waals surface area contributed by atoms with E-state index in [1.54, 1.807) is 35.7 Å². The van der Waals surface area contributed by atoms with E-state index in [0.29, 0.717) is 34.5 Å². The molecule has 0 bridgehead atoms. The molecule has 0 aliphatic carbocycles. The minimum atomic E-state index is -2.46. The highest BCUT2D eigenvalue weighted by molar-refractivity contribution is 7.99. The molecule has 2 aromatic rings. The number of nitrogens with two attached hydrogens (primary N) is 1. The zero-order chi connectivity index (χ0) is 14.5. The summed E-state index contributed by atoms with van der Waals surface area (Å²) in [5.41, 5.74) is 6.28. The first-order valence-electron chi connectivity index (χ1n) is 5.71. The number of para-hydroxylation sites is 1. The maximum atomic E-state index is 12.4. The lowest BCUT2D eigenvalue weighted by atomic mass is 10.3. The van der Waals surface area contributed by atoms with Gasteiger partial charge in [-0.25, -0.2) is 0 Å². The summed E-state index contributed by atoms with van der Waals surface area (Å²) in [5, 5.41) is 4.77. The second kappa shape index (κ2) is 6.71. The van der Waals surface area contributed by atoms with Crippen molar-refractivity contribution in [3.05, 3.63) is 46.2 Å². The molecule has 3 nitrogen and oxygen atoms in total. The predicted molar refractivity (Wildman–Crippen MR) is 78.5 cm³/mol. The highest BCUT2D eigenvalue weighted by Crippen LogP contribution is 2.32. The van der Waals surface area contributed by atoms with E-state index in [4.69, 9.17) is 5.73 Å². The van der Waals surface area contributed by atoms with Crippen LogP contribution < -0.4 is 11.1 Å². The minimum Gasteiger partial charge on any atom is -0.379 e. The Bertz CT molecular complexity index is 602. The minimum absolute atomic E-state index is 0.457. The lowest BCUT2D eigenvalue weighted by Gasteiger charge is -2.10. The normalized spacial score (nSPS) is 10.8. The number of benzene rings is 1. The fraction of sp³-hybridized carbons (Fsp3) is 0.154. The van der Waals surface area contributed by atoms with Gasteiger partial charge < -0.3 is 11.1 Å². The molecule has 1 aromatic heterocycles. The fourth-order valence-electron chi connectivity index (χ4n) is 1.60. The molecular formula is C13H12F2N2OS2. The van der Waals surface area contributed by atoms with E-state index in [9.17, 15) is 13.6 Å². The third-order valence-electron chi connectivity index (χ3n) is 2.49. The lowest BCUT2D eigenvalue weighted by Crippen LogP contribution is -2.09. The molecule has 0 saturated carbocycles. The van der Waals surface area contributed by atoms with Crippen LogP contribution in [-0.4, -0.2) is 11.7 Å².